The summed E-state index contributed by atoms with van der Waals surface area (Å²) in [5.41, 5.74) is 3.92. The van der Waals surface area contributed by atoms with Crippen LogP contribution in [0, 0.1) is 0 Å². The van der Waals surface area contributed by atoms with E-state index in [-0.39, 0.29) is 0 Å². The number of aryl methyl sites for hydroxylation is 1. The van der Waals surface area contributed by atoms with Gasteiger partial charge in [0.15, 0.2) is 0 Å². The van der Waals surface area contributed by atoms with Gasteiger partial charge in [0.2, 0.25) is 0 Å². The van der Waals surface area contributed by atoms with Crippen molar-refractivity contribution in [2.24, 2.45) is 0 Å². The summed E-state index contributed by atoms with van der Waals surface area (Å²) in [6.45, 7) is 1.19. The van der Waals surface area contributed by atoms with Gasteiger partial charge in [-0.15, -0.1) is 0 Å². The van der Waals surface area contributed by atoms with Gasteiger partial charge in [-0.25, -0.2) is 0 Å². The van der Waals surface area contributed by atoms with Crippen LogP contribution < -0.4 is 0 Å². The molecule has 0 aliphatic carbocycles. The van der Waals surface area contributed by atoms with Gasteiger partial charge in [-0.05, 0) is 87.9 Å². The van der Waals surface area contributed by atoms with Crippen LogP contribution in [0.4, 0.5) is 0 Å². The Hall–Kier alpha value is -1.58. The molecule has 0 unspecified atom stereocenters. The summed E-state index contributed by atoms with van der Waals surface area (Å²) in [6.07, 6.45) is 7.19. The first-order valence-electron chi connectivity index (χ1n) is 8.64. The third-order valence-corrected chi connectivity index (χ3v) is 4.96. The van der Waals surface area contributed by atoms with Crippen LogP contribution in [0.2, 0.25) is 0 Å². The fourth-order valence-corrected chi connectivity index (χ4v) is 3.37. The molecular formula is C21H25BrN2. The maximum absolute atomic E-state index is 3.50. The molecule has 0 atom stereocenters. The van der Waals surface area contributed by atoms with E-state index >= 15 is 0 Å². The zero-order chi connectivity index (χ0) is 16.9. The minimum atomic E-state index is 1.11. The SMILES string of the molecule is CN(C)CCCCCc1ccc2c(ccn2-c2ccc(Br)cc2)c1. The molecule has 126 valence electrons. The Morgan fingerprint density at radius 3 is 2.46 bits per heavy atom. The summed E-state index contributed by atoms with van der Waals surface area (Å²) in [4.78, 5) is 2.26. The molecule has 0 fully saturated rings. The van der Waals surface area contributed by atoms with E-state index in [2.05, 4.69) is 94.2 Å². The minimum Gasteiger partial charge on any atom is -0.317 e. The topological polar surface area (TPSA) is 8.17 Å². The van der Waals surface area contributed by atoms with E-state index in [1.807, 2.05) is 0 Å². The molecule has 3 aromatic rings. The summed E-state index contributed by atoms with van der Waals surface area (Å²) in [5, 5.41) is 1.32. The molecule has 2 nitrogen and oxygen atoms in total. The Labute approximate surface area is 153 Å². The van der Waals surface area contributed by atoms with Crippen molar-refractivity contribution >= 4 is 26.8 Å². The number of hydrogen-bond donors (Lipinski definition) is 0. The quantitative estimate of drug-likeness (QED) is 0.476. The number of rotatable bonds is 7. The van der Waals surface area contributed by atoms with Crippen molar-refractivity contribution in [3.05, 3.63) is 64.8 Å². The Morgan fingerprint density at radius 1 is 0.917 bits per heavy atom. The van der Waals surface area contributed by atoms with Crippen molar-refractivity contribution in [3.63, 3.8) is 0 Å². The van der Waals surface area contributed by atoms with Gasteiger partial charge in [0, 0.05) is 21.7 Å². The third-order valence-electron chi connectivity index (χ3n) is 4.43. The first-order chi connectivity index (χ1) is 11.6. The zero-order valence-electron chi connectivity index (χ0n) is 14.5. The fourth-order valence-electron chi connectivity index (χ4n) is 3.11. The molecule has 0 saturated heterocycles. The lowest BCUT2D eigenvalue weighted by Gasteiger charge is -2.09. The molecule has 0 amide bonds. The maximum Gasteiger partial charge on any atom is 0.0528 e. The van der Waals surface area contributed by atoms with Crippen LogP contribution in [0.25, 0.3) is 16.6 Å². The predicted molar refractivity (Wildman–Crippen MR) is 107 cm³/mol. The van der Waals surface area contributed by atoms with Crippen molar-refractivity contribution in [1.82, 2.24) is 9.47 Å². The number of aromatic nitrogens is 1. The molecule has 24 heavy (non-hydrogen) atoms. The molecule has 0 aliphatic rings. The highest BCUT2D eigenvalue weighted by molar-refractivity contribution is 9.10. The second-order valence-electron chi connectivity index (χ2n) is 6.67. The van der Waals surface area contributed by atoms with Crippen LogP contribution in [0.15, 0.2) is 59.2 Å². The number of fused-ring (bicyclic) bond motifs is 1. The van der Waals surface area contributed by atoms with Crippen molar-refractivity contribution in [3.8, 4) is 5.69 Å². The van der Waals surface area contributed by atoms with Crippen molar-refractivity contribution in [2.75, 3.05) is 20.6 Å². The Morgan fingerprint density at radius 2 is 1.71 bits per heavy atom. The second kappa shape index (κ2) is 8.00. The van der Waals surface area contributed by atoms with Crippen LogP contribution in [0.3, 0.4) is 0 Å². The summed E-state index contributed by atoms with van der Waals surface area (Å²) in [7, 11) is 4.29. The van der Waals surface area contributed by atoms with Gasteiger partial charge in [0.1, 0.15) is 0 Å². The van der Waals surface area contributed by atoms with Gasteiger partial charge in [-0.2, -0.15) is 0 Å². The summed E-state index contributed by atoms with van der Waals surface area (Å²) in [6, 6.07) is 17.6. The summed E-state index contributed by atoms with van der Waals surface area (Å²) >= 11 is 3.50. The highest BCUT2D eigenvalue weighted by Crippen LogP contribution is 2.23. The Balaban J connectivity index is 1.68. The highest BCUT2D eigenvalue weighted by Gasteiger charge is 2.04. The van der Waals surface area contributed by atoms with E-state index < -0.39 is 0 Å². The van der Waals surface area contributed by atoms with Crippen molar-refractivity contribution in [1.29, 1.82) is 0 Å². The van der Waals surface area contributed by atoms with Crippen LogP contribution in [-0.2, 0) is 6.42 Å². The third kappa shape index (κ3) is 4.28. The number of hydrogen-bond acceptors (Lipinski definition) is 1. The lowest BCUT2D eigenvalue weighted by Crippen LogP contribution is -2.12. The first kappa shape index (κ1) is 17.2. The molecule has 0 aliphatic heterocycles. The molecule has 0 spiro atoms. The minimum absolute atomic E-state index is 1.11. The highest BCUT2D eigenvalue weighted by atomic mass is 79.9. The van der Waals surface area contributed by atoms with Gasteiger partial charge in [0.05, 0.1) is 5.52 Å². The van der Waals surface area contributed by atoms with E-state index in [0.717, 1.165) is 4.47 Å². The monoisotopic (exact) mass is 384 g/mol. The largest absolute Gasteiger partial charge is 0.317 e. The molecule has 1 heterocycles. The molecular weight excluding hydrogens is 360 g/mol. The van der Waals surface area contributed by atoms with Crippen LogP contribution in [0.5, 0.6) is 0 Å². The lowest BCUT2D eigenvalue weighted by molar-refractivity contribution is 0.391. The number of unbranched alkanes of at least 4 members (excludes halogenated alkanes) is 2. The van der Waals surface area contributed by atoms with Crippen LogP contribution in [-0.4, -0.2) is 30.1 Å². The normalized spacial score (nSPS) is 11.5. The van der Waals surface area contributed by atoms with Gasteiger partial charge in [-0.1, -0.05) is 28.4 Å². The predicted octanol–water partition coefficient (Wildman–Crippen LogP) is 5.67. The van der Waals surface area contributed by atoms with Gasteiger partial charge in [0.25, 0.3) is 0 Å². The smallest absolute Gasteiger partial charge is 0.0528 e. The molecule has 2 aromatic carbocycles. The first-order valence-corrected chi connectivity index (χ1v) is 9.43. The second-order valence-corrected chi connectivity index (χ2v) is 7.58. The Kier molecular flexibility index (Phi) is 5.75. The number of benzene rings is 2. The zero-order valence-corrected chi connectivity index (χ0v) is 16.1. The fraction of sp³-hybridized carbons (Fsp3) is 0.333. The van der Waals surface area contributed by atoms with E-state index in [1.54, 1.807) is 0 Å². The summed E-state index contributed by atoms with van der Waals surface area (Å²) < 4.78 is 3.36. The van der Waals surface area contributed by atoms with Gasteiger partial charge >= 0.3 is 0 Å². The van der Waals surface area contributed by atoms with Crippen molar-refractivity contribution < 1.29 is 0 Å². The molecule has 3 rings (SSSR count). The molecule has 0 saturated carbocycles. The van der Waals surface area contributed by atoms with E-state index in [0.29, 0.717) is 0 Å². The molecule has 0 radical (unpaired) electrons. The standard InChI is InChI=1S/C21H25BrN2/c1-23(2)14-5-3-4-6-17-7-12-21-18(16-17)13-15-24(21)20-10-8-19(22)9-11-20/h7-13,15-16H,3-6,14H2,1-2H3. The average molecular weight is 385 g/mol. The van der Waals surface area contributed by atoms with Gasteiger partial charge < -0.3 is 9.47 Å². The van der Waals surface area contributed by atoms with E-state index in [9.17, 15) is 0 Å². The van der Waals surface area contributed by atoms with E-state index in [4.69, 9.17) is 0 Å². The average Bonchev–Trinajstić information content (AvgIpc) is 2.98. The van der Waals surface area contributed by atoms with Crippen LogP contribution >= 0.6 is 15.9 Å². The van der Waals surface area contributed by atoms with Crippen molar-refractivity contribution in [2.45, 2.75) is 25.7 Å². The molecule has 3 heteroatoms. The molecule has 0 bridgehead atoms. The van der Waals surface area contributed by atoms with Crippen LogP contribution in [0.1, 0.15) is 24.8 Å². The van der Waals surface area contributed by atoms with E-state index in [1.165, 1.54) is 54.4 Å². The number of halogens is 1. The van der Waals surface area contributed by atoms with Gasteiger partial charge in [-0.3, -0.25) is 0 Å². The summed E-state index contributed by atoms with van der Waals surface area (Å²) in [5.74, 6) is 0. The molecule has 1 aromatic heterocycles. The Bertz CT molecular complexity index is 787. The lowest BCUT2D eigenvalue weighted by atomic mass is 10.1. The molecule has 0 N–H and O–H groups in total. The number of nitrogens with zero attached hydrogens (tertiary/aromatic N) is 2. The maximum atomic E-state index is 3.50.